The zero-order valence-corrected chi connectivity index (χ0v) is 17.9. The van der Waals surface area contributed by atoms with Crippen LogP contribution in [0, 0.1) is 0 Å². The average molecular weight is 397 g/mol. The molecule has 0 saturated carbocycles. The molecule has 1 aliphatic rings. The molecule has 1 aromatic carbocycles. The summed E-state index contributed by atoms with van der Waals surface area (Å²) in [4.78, 5) is 9.25. The van der Waals surface area contributed by atoms with Crippen LogP contribution in [0.15, 0.2) is 48.7 Å². The Balaban J connectivity index is 1.54. The van der Waals surface area contributed by atoms with Crippen LogP contribution >= 0.6 is 0 Å². The number of aromatic nitrogens is 1. The average Bonchev–Trinajstić information content (AvgIpc) is 2.68. The fourth-order valence-corrected chi connectivity index (χ4v) is 3.20. The summed E-state index contributed by atoms with van der Waals surface area (Å²) in [6, 6.07) is 14.3. The summed E-state index contributed by atoms with van der Waals surface area (Å²) in [5, 5.41) is 20.6. The second-order valence-corrected chi connectivity index (χ2v) is 8.74. The van der Waals surface area contributed by atoms with Gasteiger partial charge in [-0.05, 0) is 39.3 Å². The van der Waals surface area contributed by atoms with Crippen molar-refractivity contribution in [3.05, 3.63) is 54.2 Å². The maximum absolute atomic E-state index is 10.4. The van der Waals surface area contributed by atoms with Crippen molar-refractivity contribution in [2.24, 2.45) is 0 Å². The number of rotatable bonds is 7. The topological polar surface area (TPSA) is 69.1 Å². The van der Waals surface area contributed by atoms with E-state index in [2.05, 4.69) is 39.0 Å². The Hall–Kier alpha value is -1.93. The van der Waals surface area contributed by atoms with E-state index in [1.165, 1.54) is 5.56 Å². The summed E-state index contributed by atoms with van der Waals surface area (Å²) in [7, 11) is -1.14. The molecule has 6 nitrogen and oxygen atoms in total. The van der Waals surface area contributed by atoms with Crippen LogP contribution < -0.4 is 10.4 Å². The van der Waals surface area contributed by atoms with E-state index in [-0.39, 0.29) is 0 Å². The van der Waals surface area contributed by atoms with Gasteiger partial charge in [0.2, 0.25) is 0 Å². The minimum Gasteiger partial charge on any atom is -0.423 e. The van der Waals surface area contributed by atoms with Crippen LogP contribution in [-0.4, -0.2) is 64.5 Å². The summed E-state index contributed by atoms with van der Waals surface area (Å²) in [6.07, 6.45) is 1.65. The van der Waals surface area contributed by atoms with Crippen LogP contribution in [0.1, 0.15) is 33.3 Å². The van der Waals surface area contributed by atoms with E-state index in [9.17, 15) is 10.1 Å². The lowest BCUT2D eigenvalue weighted by molar-refractivity contribution is -0.0982. The predicted octanol–water partition coefficient (Wildman–Crippen LogP) is 1.66. The first-order valence-electron chi connectivity index (χ1n) is 10.2. The molecule has 0 bridgehead atoms. The van der Waals surface area contributed by atoms with Gasteiger partial charge in [0.1, 0.15) is 5.82 Å². The van der Waals surface area contributed by atoms with Crippen LogP contribution in [-0.2, 0) is 11.2 Å². The van der Waals surface area contributed by atoms with Crippen LogP contribution in [0.2, 0.25) is 0 Å². The maximum atomic E-state index is 10.4. The maximum Gasteiger partial charge on any atom is 0.493 e. The lowest BCUT2D eigenvalue weighted by atomic mass is 9.77. The van der Waals surface area contributed by atoms with E-state index < -0.39 is 18.3 Å². The Morgan fingerprint density at radius 3 is 2.21 bits per heavy atom. The van der Waals surface area contributed by atoms with Gasteiger partial charge < -0.3 is 19.7 Å². The number of anilines is 1. The molecule has 0 atom stereocenters. The number of benzene rings is 1. The van der Waals surface area contributed by atoms with Crippen molar-refractivity contribution in [3.8, 4) is 0 Å². The summed E-state index contributed by atoms with van der Waals surface area (Å²) in [5.74, 6) is 0.905. The van der Waals surface area contributed by atoms with E-state index in [0.29, 0.717) is 5.46 Å². The van der Waals surface area contributed by atoms with Crippen molar-refractivity contribution in [2.75, 3.05) is 31.1 Å². The Morgan fingerprint density at radius 2 is 1.66 bits per heavy atom. The van der Waals surface area contributed by atoms with Crippen molar-refractivity contribution in [2.45, 2.75) is 45.4 Å². The number of nitrogens with zero attached hydrogens (tertiary/aromatic N) is 3. The molecule has 2 N–H and O–H groups in total. The Kier molecular flexibility index (Phi) is 6.63. The van der Waals surface area contributed by atoms with E-state index in [1.54, 1.807) is 33.9 Å². The summed E-state index contributed by atoms with van der Waals surface area (Å²) in [5.41, 5.74) is -0.0683. The molecular weight excluding hydrogens is 365 g/mol. The molecule has 0 amide bonds. The third kappa shape index (κ3) is 5.57. The first-order valence-corrected chi connectivity index (χ1v) is 10.2. The van der Waals surface area contributed by atoms with Gasteiger partial charge in [0.15, 0.2) is 0 Å². The predicted molar refractivity (Wildman–Crippen MR) is 117 cm³/mol. The van der Waals surface area contributed by atoms with Gasteiger partial charge in [0, 0.05) is 44.4 Å². The number of piperazine rings is 1. The van der Waals surface area contributed by atoms with Gasteiger partial charge in [-0.1, -0.05) is 36.4 Å². The monoisotopic (exact) mass is 397 g/mol. The second-order valence-electron chi connectivity index (χ2n) is 8.74. The lowest BCUT2D eigenvalue weighted by Crippen LogP contribution is -2.53. The fraction of sp³-hybridized carbons (Fsp3) is 0.500. The SMILES string of the molecule is CC(C)(O)C(C)(C)OB(O)c1ccc(N2CCN(Cc3ccccc3)CC2)nc1. The molecule has 0 aliphatic carbocycles. The van der Waals surface area contributed by atoms with Crippen molar-refractivity contribution >= 4 is 18.4 Å². The molecule has 0 radical (unpaired) electrons. The van der Waals surface area contributed by atoms with E-state index in [1.807, 2.05) is 18.2 Å². The van der Waals surface area contributed by atoms with E-state index in [4.69, 9.17) is 4.65 Å². The quantitative estimate of drug-likeness (QED) is 0.693. The van der Waals surface area contributed by atoms with E-state index >= 15 is 0 Å². The van der Waals surface area contributed by atoms with Gasteiger partial charge in [-0.3, -0.25) is 4.90 Å². The first kappa shape index (κ1) is 21.8. The number of aliphatic hydroxyl groups is 1. The molecule has 1 saturated heterocycles. The largest absolute Gasteiger partial charge is 0.493 e. The molecule has 1 aliphatic heterocycles. The van der Waals surface area contributed by atoms with Crippen LogP contribution in [0.4, 0.5) is 5.82 Å². The first-order chi connectivity index (χ1) is 13.7. The van der Waals surface area contributed by atoms with E-state index in [0.717, 1.165) is 38.5 Å². The molecule has 2 heterocycles. The van der Waals surface area contributed by atoms with Crippen molar-refractivity contribution in [1.29, 1.82) is 0 Å². The summed E-state index contributed by atoms with van der Waals surface area (Å²) >= 11 is 0. The molecule has 7 heteroatoms. The lowest BCUT2D eigenvalue weighted by Gasteiger charge is -2.38. The van der Waals surface area contributed by atoms with Crippen molar-refractivity contribution in [1.82, 2.24) is 9.88 Å². The molecule has 1 aromatic heterocycles. The van der Waals surface area contributed by atoms with Crippen molar-refractivity contribution < 1.29 is 14.8 Å². The van der Waals surface area contributed by atoms with Crippen molar-refractivity contribution in [3.63, 3.8) is 0 Å². The van der Waals surface area contributed by atoms with Crippen LogP contribution in [0.25, 0.3) is 0 Å². The van der Waals surface area contributed by atoms with Crippen LogP contribution in [0.5, 0.6) is 0 Å². The highest BCUT2D eigenvalue weighted by atomic mass is 16.5. The molecule has 29 heavy (non-hydrogen) atoms. The van der Waals surface area contributed by atoms with Gasteiger partial charge in [0.05, 0.1) is 11.2 Å². The standard InChI is InChI=1S/C22H32BN3O3/c1-21(2,27)22(3,4)29-23(28)19-10-11-20(24-16-19)26-14-12-25(13-15-26)17-18-8-6-5-7-9-18/h5-11,16,27-28H,12-15,17H2,1-4H3. The van der Waals surface area contributed by atoms with Gasteiger partial charge >= 0.3 is 7.12 Å². The Morgan fingerprint density at radius 1 is 1.00 bits per heavy atom. The number of hydrogen-bond acceptors (Lipinski definition) is 6. The smallest absolute Gasteiger partial charge is 0.423 e. The highest BCUT2D eigenvalue weighted by Crippen LogP contribution is 2.25. The molecule has 0 spiro atoms. The summed E-state index contributed by atoms with van der Waals surface area (Å²) in [6.45, 7) is 11.6. The highest BCUT2D eigenvalue weighted by Gasteiger charge is 2.39. The summed E-state index contributed by atoms with van der Waals surface area (Å²) < 4.78 is 5.69. The van der Waals surface area contributed by atoms with Gasteiger partial charge in [-0.25, -0.2) is 4.98 Å². The minimum atomic E-state index is -1.14. The molecule has 156 valence electrons. The number of pyridine rings is 1. The minimum absolute atomic E-state index is 0.578. The molecule has 1 fully saturated rings. The molecule has 2 aromatic rings. The zero-order chi connectivity index (χ0) is 21.1. The Labute approximate surface area is 174 Å². The van der Waals surface area contributed by atoms with Crippen LogP contribution in [0.3, 0.4) is 0 Å². The molecule has 0 unspecified atom stereocenters. The number of hydrogen-bond donors (Lipinski definition) is 2. The molecular formula is C22H32BN3O3. The van der Waals surface area contributed by atoms with Gasteiger partial charge in [-0.15, -0.1) is 0 Å². The third-order valence-corrected chi connectivity index (χ3v) is 5.88. The van der Waals surface area contributed by atoms with Gasteiger partial charge in [0.25, 0.3) is 0 Å². The highest BCUT2D eigenvalue weighted by molar-refractivity contribution is 6.60. The zero-order valence-electron chi connectivity index (χ0n) is 17.9. The normalized spacial score (nSPS) is 16.1. The Bertz CT molecular complexity index is 770. The fourth-order valence-electron chi connectivity index (χ4n) is 3.20. The second kappa shape index (κ2) is 8.84. The molecule has 3 rings (SSSR count). The van der Waals surface area contributed by atoms with Gasteiger partial charge in [-0.2, -0.15) is 0 Å². The third-order valence-electron chi connectivity index (χ3n) is 5.88.